The smallest absolute Gasteiger partial charge is 0.306 e. The molecule has 0 aromatic heterocycles. The van der Waals surface area contributed by atoms with Crippen molar-refractivity contribution < 1.29 is 14.3 Å². The van der Waals surface area contributed by atoms with Crippen LogP contribution in [0, 0.1) is 0 Å². The zero-order valence-electron chi connectivity index (χ0n) is 10.2. The molecule has 0 aromatic rings. The summed E-state index contributed by atoms with van der Waals surface area (Å²) in [6.45, 7) is 4.09. The molecule has 0 aliphatic carbocycles. The lowest BCUT2D eigenvalue weighted by molar-refractivity contribution is -0.144. The van der Waals surface area contributed by atoms with Gasteiger partial charge in [0.05, 0.1) is 13.0 Å². The fourth-order valence-corrected chi connectivity index (χ4v) is 1.75. The summed E-state index contributed by atoms with van der Waals surface area (Å²) in [6, 6.07) is 0.169. The molecular formula is C11H21NO3S. The molecule has 0 fully saturated rings. The predicted molar refractivity (Wildman–Crippen MR) is 66.5 cm³/mol. The van der Waals surface area contributed by atoms with Gasteiger partial charge in [-0.1, -0.05) is 0 Å². The van der Waals surface area contributed by atoms with E-state index < -0.39 is 0 Å². The summed E-state index contributed by atoms with van der Waals surface area (Å²) in [7, 11) is 0. The molecule has 0 radical (unpaired) electrons. The zero-order valence-corrected chi connectivity index (χ0v) is 11.1. The summed E-state index contributed by atoms with van der Waals surface area (Å²) < 4.78 is 4.74. The van der Waals surface area contributed by atoms with Gasteiger partial charge >= 0.3 is 5.97 Å². The van der Waals surface area contributed by atoms with Gasteiger partial charge in [-0.25, -0.2) is 0 Å². The van der Waals surface area contributed by atoms with Crippen LogP contribution in [0.1, 0.15) is 33.1 Å². The Labute approximate surface area is 101 Å². The van der Waals surface area contributed by atoms with E-state index in [0.717, 1.165) is 12.2 Å². The third-order valence-electron chi connectivity index (χ3n) is 2.02. The number of ether oxygens (including phenoxy) is 1. The van der Waals surface area contributed by atoms with Crippen LogP contribution in [0.2, 0.25) is 0 Å². The molecular weight excluding hydrogens is 226 g/mol. The molecule has 1 atom stereocenters. The minimum Gasteiger partial charge on any atom is -0.466 e. The third kappa shape index (κ3) is 8.59. The third-order valence-corrected chi connectivity index (χ3v) is 2.67. The zero-order chi connectivity index (χ0) is 12.4. The Hall–Kier alpha value is -0.710. The first-order chi connectivity index (χ1) is 7.60. The van der Waals surface area contributed by atoms with E-state index in [9.17, 15) is 9.59 Å². The van der Waals surface area contributed by atoms with Crippen LogP contribution in [0.5, 0.6) is 0 Å². The normalized spacial score (nSPS) is 11.9. The van der Waals surface area contributed by atoms with Crippen molar-refractivity contribution in [2.24, 2.45) is 0 Å². The molecule has 0 aliphatic rings. The minimum atomic E-state index is -0.311. The molecule has 1 unspecified atom stereocenters. The lowest BCUT2D eigenvalue weighted by Crippen LogP contribution is -2.33. The van der Waals surface area contributed by atoms with Crippen molar-refractivity contribution in [1.82, 2.24) is 5.32 Å². The average Bonchev–Trinajstić information content (AvgIpc) is 2.24. The maximum atomic E-state index is 11.4. The molecule has 0 bridgehead atoms. The highest BCUT2D eigenvalue weighted by Gasteiger charge is 2.09. The van der Waals surface area contributed by atoms with Gasteiger partial charge in [-0.2, -0.15) is 11.8 Å². The molecule has 1 N–H and O–H groups in total. The summed E-state index contributed by atoms with van der Waals surface area (Å²) in [5, 5.41) is 2.85. The predicted octanol–water partition coefficient (Wildman–Crippen LogP) is 1.59. The van der Waals surface area contributed by atoms with Crippen LogP contribution < -0.4 is 5.32 Å². The van der Waals surface area contributed by atoms with E-state index in [1.54, 1.807) is 18.7 Å². The number of amides is 1. The number of esters is 1. The highest BCUT2D eigenvalue weighted by atomic mass is 32.2. The molecule has 0 aromatic carbocycles. The number of thioether (sulfide) groups is 1. The summed E-state index contributed by atoms with van der Waals surface area (Å²) in [6.07, 6.45) is 3.36. The van der Waals surface area contributed by atoms with Crippen molar-refractivity contribution in [2.45, 2.75) is 39.2 Å². The maximum absolute atomic E-state index is 11.4. The SMILES string of the molecule is CCOC(=O)CCC(=O)NC(C)CCSC. The van der Waals surface area contributed by atoms with Gasteiger partial charge in [-0.3, -0.25) is 9.59 Å². The second kappa shape index (κ2) is 9.51. The summed E-state index contributed by atoms with van der Waals surface area (Å²) in [5.41, 5.74) is 0. The molecule has 4 nitrogen and oxygen atoms in total. The van der Waals surface area contributed by atoms with Gasteiger partial charge in [0.15, 0.2) is 0 Å². The molecule has 0 saturated heterocycles. The second-order valence-electron chi connectivity index (χ2n) is 3.56. The fourth-order valence-electron chi connectivity index (χ4n) is 1.16. The van der Waals surface area contributed by atoms with E-state index in [4.69, 9.17) is 4.74 Å². The van der Waals surface area contributed by atoms with Crippen molar-refractivity contribution in [3.8, 4) is 0 Å². The standard InChI is InChI=1S/C11H21NO3S/c1-4-15-11(14)6-5-10(13)12-9(2)7-8-16-3/h9H,4-8H2,1-3H3,(H,12,13). The molecule has 0 saturated carbocycles. The van der Waals surface area contributed by atoms with E-state index in [2.05, 4.69) is 5.32 Å². The maximum Gasteiger partial charge on any atom is 0.306 e. The molecule has 16 heavy (non-hydrogen) atoms. The summed E-state index contributed by atoms with van der Waals surface area (Å²) in [4.78, 5) is 22.4. The lowest BCUT2D eigenvalue weighted by atomic mass is 10.2. The van der Waals surface area contributed by atoms with Gasteiger partial charge in [0, 0.05) is 12.5 Å². The van der Waals surface area contributed by atoms with Gasteiger partial charge < -0.3 is 10.1 Å². The van der Waals surface area contributed by atoms with Crippen molar-refractivity contribution in [2.75, 3.05) is 18.6 Å². The second-order valence-corrected chi connectivity index (χ2v) is 4.54. The Morgan fingerprint density at radius 1 is 1.38 bits per heavy atom. The molecule has 94 valence electrons. The van der Waals surface area contributed by atoms with Crippen molar-refractivity contribution >= 4 is 23.6 Å². The highest BCUT2D eigenvalue weighted by Crippen LogP contribution is 2.01. The van der Waals surface area contributed by atoms with Crippen LogP contribution in [-0.4, -0.2) is 36.5 Å². The van der Waals surface area contributed by atoms with Crippen LogP contribution in [0.15, 0.2) is 0 Å². The number of rotatable bonds is 8. The van der Waals surface area contributed by atoms with E-state index in [-0.39, 0.29) is 30.8 Å². The van der Waals surface area contributed by atoms with Gasteiger partial charge in [0.25, 0.3) is 0 Å². The van der Waals surface area contributed by atoms with Crippen molar-refractivity contribution in [3.63, 3.8) is 0 Å². The van der Waals surface area contributed by atoms with E-state index in [1.807, 2.05) is 13.2 Å². The summed E-state index contributed by atoms with van der Waals surface area (Å²) >= 11 is 1.76. The molecule has 1 amide bonds. The quantitative estimate of drug-likeness (QED) is 0.662. The van der Waals surface area contributed by atoms with Crippen LogP contribution >= 0.6 is 11.8 Å². The first kappa shape index (κ1) is 15.3. The lowest BCUT2D eigenvalue weighted by Gasteiger charge is -2.12. The van der Waals surface area contributed by atoms with Gasteiger partial charge in [0.1, 0.15) is 0 Å². The number of hydrogen-bond acceptors (Lipinski definition) is 4. The van der Waals surface area contributed by atoms with E-state index >= 15 is 0 Å². The van der Waals surface area contributed by atoms with Crippen molar-refractivity contribution in [1.29, 1.82) is 0 Å². The monoisotopic (exact) mass is 247 g/mol. The topological polar surface area (TPSA) is 55.4 Å². The van der Waals surface area contributed by atoms with Gasteiger partial charge in [0.2, 0.25) is 5.91 Å². The number of hydrogen-bond donors (Lipinski definition) is 1. The van der Waals surface area contributed by atoms with Gasteiger partial charge in [-0.05, 0) is 32.3 Å². The Kier molecular flexibility index (Phi) is 9.09. The van der Waals surface area contributed by atoms with Crippen LogP contribution in [0.4, 0.5) is 0 Å². The molecule has 0 rings (SSSR count). The largest absolute Gasteiger partial charge is 0.466 e. The van der Waals surface area contributed by atoms with Crippen LogP contribution in [0.3, 0.4) is 0 Å². The molecule has 5 heteroatoms. The Morgan fingerprint density at radius 2 is 2.06 bits per heavy atom. The highest BCUT2D eigenvalue weighted by molar-refractivity contribution is 7.98. The summed E-state index contributed by atoms with van der Waals surface area (Å²) in [5.74, 6) is 0.635. The first-order valence-electron chi connectivity index (χ1n) is 5.54. The van der Waals surface area contributed by atoms with Crippen LogP contribution in [-0.2, 0) is 14.3 Å². The molecule has 0 spiro atoms. The molecule has 0 heterocycles. The average molecular weight is 247 g/mol. The number of carbonyl (C=O) groups excluding carboxylic acids is 2. The number of nitrogens with one attached hydrogen (secondary N) is 1. The molecule has 0 aliphatic heterocycles. The minimum absolute atomic E-state index is 0.0818. The van der Waals surface area contributed by atoms with Gasteiger partial charge in [-0.15, -0.1) is 0 Å². The first-order valence-corrected chi connectivity index (χ1v) is 6.93. The van der Waals surface area contributed by atoms with Crippen LogP contribution in [0.25, 0.3) is 0 Å². The fraction of sp³-hybridized carbons (Fsp3) is 0.818. The Morgan fingerprint density at radius 3 is 2.62 bits per heavy atom. The van der Waals surface area contributed by atoms with Crippen molar-refractivity contribution in [3.05, 3.63) is 0 Å². The van der Waals surface area contributed by atoms with E-state index in [1.165, 1.54) is 0 Å². The Balaban J connectivity index is 3.61. The number of carbonyl (C=O) groups is 2. The van der Waals surface area contributed by atoms with E-state index in [0.29, 0.717) is 6.61 Å². The Bertz CT molecular complexity index is 221.